The molecule has 1 saturated carbocycles. The highest BCUT2D eigenvalue weighted by Gasteiger charge is 1.97. The van der Waals surface area contributed by atoms with Gasteiger partial charge in [-0.15, -0.1) is 0 Å². The molecule has 6 heteroatoms. The lowest BCUT2D eigenvalue weighted by atomic mass is 10.0. The SMILES string of the molecule is C1CCCCC1.O1[SiH2]O[SiH2]O[SiH2]1. The summed E-state index contributed by atoms with van der Waals surface area (Å²) in [6.45, 7) is 0. The van der Waals surface area contributed by atoms with Crippen LogP contribution in [0, 0.1) is 0 Å². The first kappa shape index (κ1) is 10.6. The Kier molecular flexibility index (Phi) is 7.20. The van der Waals surface area contributed by atoms with Crippen LogP contribution >= 0.6 is 0 Å². The van der Waals surface area contributed by atoms with Crippen molar-refractivity contribution in [3.63, 3.8) is 0 Å². The summed E-state index contributed by atoms with van der Waals surface area (Å²) in [6, 6.07) is 0. The van der Waals surface area contributed by atoms with Gasteiger partial charge in [0.15, 0.2) is 0 Å². The zero-order valence-electron chi connectivity index (χ0n) is 7.59. The lowest BCUT2D eigenvalue weighted by Crippen LogP contribution is -2.23. The average molecular weight is 222 g/mol. The van der Waals surface area contributed by atoms with Gasteiger partial charge in [0.05, 0.1) is 0 Å². The molecule has 0 atom stereocenters. The maximum Gasteiger partial charge on any atom is 0.286 e. The van der Waals surface area contributed by atoms with Crippen LogP contribution in [0.4, 0.5) is 0 Å². The molecular formula is C6H18O3Si3. The van der Waals surface area contributed by atoms with Crippen LogP contribution < -0.4 is 0 Å². The van der Waals surface area contributed by atoms with E-state index in [0.717, 1.165) is 0 Å². The van der Waals surface area contributed by atoms with Gasteiger partial charge in [0.2, 0.25) is 0 Å². The summed E-state index contributed by atoms with van der Waals surface area (Å²) in [5.41, 5.74) is 0. The zero-order chi connectivity index (χ0) is 8.49. The van der Waals surface area contributed by atoms with Gasteiger partial charge < -0.3 is 12.3 Å². The average Bonchev–Trinajstić information content (AvgIpc) is 2.24. The molecule has 2 aliphatic rings. The molecule has 3 nitrogen and oxygen atoms in total. The van der Waals surface area contributed by atoms with Crippen LogP contribution in [-0.2, 0) is 12.3 Å². The summed E-state index contributed by atoms with van der Waals surface area (Å²) < 4.78 is 14.8. The monoisotopic (exact) mass is 222 g/mol. The Morgan fingerprint density at radius 2 is 0.750 bits per heavy atom. The topological polar surface area (TPSA) is 27.7 Å². The molecule has 1 aliphatic carbocycles. The standard InChI is InChI=1S/C6H12.H6O3Si3/c1-2-4-6-5-3-1;1-4-2-6-3-5-1/h1-6H2;4-6H2. The van der Waals surface area contributed by atoms with Gasteiger partial charge in [-0.1, -0.05) is 38.5 Å². The highest BCUT2D eigenvalue weighted by Crippen LogP contribution is 2.15. The van der Waals surface area contributed by atoms with Gasteiger partial charge in [0.1, 0.15) is 0 Å². The highest BCUT2D eigenvalue weighted by atomic mass is 28.4. The summed E-state index contributed by atoms with van der Waals surface area (Å²) in [6.07, 6.45) is 9.00. The van der Waals surface area contributed by atoms with Crippen LogP contribution in [0.25, 0.3) is 0 Å². The molecule has 0 aromatic carbocycles. The Labute approximate surface area is 81.4 Å². The third kappa shape index (κ3) is 6.09. The molecule has 0 unspecified atom stereocenters. The van der Waals surface area contributed by atoms with Crippen molar-refractivity contribution >= 4 is 30.0 Å². The molecule has 0 radical (unpaired) electrons. The van der Waals surface area contributed by atoms with Crippen molar-refractivity contribution in [3.8, 4) is 0 Å². The quantitative estimate of drug-likeness (QED) is 0.512. The maximum atomic E-state index is 4.94. The molecule has 0 aromatic heterocycles. The smallest absolute Gasteiger partial charge is 0.286 e. The van der Waals surface area contributed by atoms with E-state index >= 15 is 0 Å². The number of rotatable bonds is 0. The van der Waals surface area contributed by atoms with Gasteiger partial charge in [-0.3, -0.25) is 0 Å². The fraction of sp³-hybridized carbons (Fsp3) is 1.00. The van der Waals surface area contributed by atoms with Crippen LogP contribution in [0.2, 0.25) is 0 Å². The van der Waals surface area contributed by atoms with Crippen LogP contribution in [0.3, 0.4) is 0 Å². The first-order chi connectivity index (χ1) is 6.00. The molecule has 2 fully saturated rings. The summed E-state index contributed by atoms with van der Waals surface area (Å²) >= 11 is 0. The first-order valence-electron chi connectivity index (χ1n) is 4.73. The van der Waals surface area contributed by atoms with E-state index < -0.39 is 30.0 Å². The second-order valence-corrected chi connectivity index (χ2v) is 8.69. The van der Waals surface area contributed by atoms with Gasteiger partial charge in [-0.05, 0) is 0 Å². The molecule has 12 heavy (non-hydrogen) atoms. The van der Waals surface area contributed by atoms with Gasteiger partial charge in [-0.2, -0.15) is 0 Å². The van der Waals surface area contributed by atoms with Crippen molar-refractivity contribution in [1.29, 1.82) is 0 Å². The lowest BCUT2D eigenvalue weighted by Gasteiger charge is -2.10. The van der Waals surface area contributed by atoms with Crippen molar-refractivity contribution in [2.24, 2.45) is 0 Å². The van der Waals surface area contributed by atoms with Crippen LogP contribution in [0.15, 0.2) is 0 Å². The predicted octanol–water partition coefficient (Wildman–Crippen LogP) is -0.613. The van der Waals surface area contributed by atoms with Gasteiger partial charge in [0, 0.05) is 0 Å². The van der Waals surface area contributed by atoms with E-state index in [1.54, 1.807) is 0 Å². The molecule has 72 valence electrons. The van der Waals surface area contributed by atoms with E-state index in [-0.39, 0.29) is 0 Å². The number of hydrogen-bond donors (Lipinski definition) is 0. The molecule has 0 amide bonds. The second-order valence-electron chi connectivity index (χ2n) is 3.09. The molecule has 0 aromatic rings. The molecule has 0 bridgehead atoms. The molecule has 1 saturated heterocycles. The Morgan fingerprint density at radius 3 is 0.917 bits per heavy atom. The lowest BCUT2D eigenvalue weighted by molar-refractivity contribution is 0.347. The summed E-state index contributed by atoms with van der Waals surface area (Å²) in [4.78, 5) is 0. The third-order valence-corrected chi connectivity index (χ3v) is 6.00. The van der Waals surface area contributed by atoms with E-state index in [2.05, 4.69) is 0 Å². The maximum absolute atomic E-state index is 4.94. The van der Waals surface area contributed by atoms with Crippen LogP contribution in [-0.4, -0.2) is 30.0 Å². The molecular weight excluding hydrogens is 204 g/mol. The van der Waals surface area contributed by atoms with Gasteiger partial charge in [0.25, 0.3) is 30.0 Å². The minimum Gasteiger partial charge on any atom is -0.425 e. The Bertz CT molecular complexity index is 61.0. The summed E-state index contributed by atoms with van der Waals surface area (Å²) in [5.74, 6) is 0. The Balaban J connectivity index is 0.000000120. The fourth-order valence-corrected chi connectivity index (χ4v) is 6.75. The van der Waals surface area contributed by atoms with Gasteiger partial charge >= 0.3 is 0 Å². The van der Waals surface area contributed by atoms with Crippen molar-refractivity contribution in [3.05, 3.63) is 0 Å². The fourth-order valence-electron chi connectivity index (χ4n) is 1.34. The molecule has 2 rings (SSSR count). The van der Waals surface area contributed by atoms with E-state index in [1.807, 2.05) is 0 Å². The predicted molar refractivity (Wildman–Crippen MR) is 56.6 cm³/mol. The molecule has 0 spiro atoms. The van der Waals surface area contributed by atoms with Crippen LogP contribution in [0.1, 0.15) is 38.5 Å². The second kappa shape index (κ2) is 8.14. The normalized spacial score (nSPS) is 30.0. The summed E-state index contributed by atoms with van der Waals surface area (Å²) in [5, 5.41) is 0. The first-order valence-corrected chi connectivity index (χ1v) is 8.20. The minimum atomic E-state index is -0.493. The van der Waals surface area contributed by atoms with E-state index in [9.17, 15) is 0 Å². The van der Waals surface area contributed by atoms with Crippen molar-refractivity contribution in [2.45, 2.75) is 38.5 Å². The van der Waals surface area contributed by atoms with E-state index in [0.29, 0.717) is 0 Å². The third-order valence-electron chi connectivity index (χ3n) is 2.00. The minimum absolute atomic E-state index is 0.493. The number of hydrogen-bond acceptors (Lipinski definition) is 3. The van der Waals surface area contributed by atoms with Gasteiger partial charge in [-0.25, -0.2) is 0 Å². The van der Waals surface area contributed by atoms with Crippen molar-refractivity contribution in [1.82, 2.24) is 0 Å². The molecule has 0 N–H and O–H groups in total. The summed E-state index contributed by atoms with van der Waals surface area (Å²) in [7, 11) is -1.48. The van der Waals surface area contributed by atoms with Crippen molar-refractivity contribution in [2.75, 3.05) is 0 Å². The van der Waals surface area contributed by atoms with Crippen molar-refractivity contribution < 1.29 is 12.3 Å². The van der Waals surface area contributed by atoms with E-state index in [4.69, 9.17) is 12.3 Å². The Morgan fingerprint density at radius 1 is 0.500 bits per heavy atom. The Hall–Kier alpha value is 0.531. The van der Waals surface area contributed by atoms with E-state index in [1.165, 1.54) is 38.5 Å². The molecule has 1 aliphatic heterocycles. The molecule has 1 heterocycles. The van der Waals surface area contributed by atoms with Crippen LogP contribution in [0.5, 0.6) is 0 Å². The zero-order valence-corrected chi connectivity index (χ0v) is 11.8. The largest absolute Gasteiger partial charge is 0.425 e. The highest BCUT2D eigenvalue weighted by molar-refractivity contribution is 6.50.